The molecule has 0 atom stereocenters. The number of para-hydroxylation sites is 3. The maximum atomic E-state index is 13.2. The maximum Gasteiger partial charge on any atom is 0.573 e. The number of aromatic nitrogens is 3. The minimum absolute atomic E-state index is 0.0653. The summed E-state index contributed by atoms with van der Waals surface area (Å²) in [5, 5.41) is 12.8. The Labute approximate surface area is 204 Å². The number of rotatable bonds is 5. The van der Waals surface area contributed by atoms with E-state index in [9.17, 15) is 23.1 Å². The van der Waals surface area contributed by atoms with Gasteiger partial charge in [-0.2, -0.15) is 0 Å². The van der Waals surface area contributed by atoms with Gasteiger partial charge < -0.3 is 14.4 Å². The predicted molar refractivity (Wildman–Crippen MR) is 128 cm³/mol. The molecule has 36 heavy (non-hydrogen) atoms. The molecular weight excluding hydrogens is 473 g/mol. The van der Waals surface area contributed by atoms with E-state index in [0.717, 1.165) is 23.9 Å². The largest absolute Gasteiger partial charge is 0.573 e. The number of fused-ring (bicyclic) bond motifs is 1. The third-order valence-electron chi connectivity index (χ3n) is 6.26. The van der Waals surface area contributed by atoms with Crippen LogP contribution in [-0.2, 0) is 0 Å². The third-order valence-corrected chi connectivity index (χ3v) is 6.26. The van der Waals surface area contributed by atoms with Crippen LogP contribution >= 0.6 is 0 Å². The Morgan fingerprint density at radius 2 is 1.75 bits per heavy atom. The van der Waals surface area contributed by atoms with Gasteiger partial charge in [-0.05, 0) is 62.1 Å². The van der Waals surface area contributed by atoms with Crippen LogP contribution < -0.4 is 10.1 Å². The Kier molecular flexibility index (Phi) is 6.36. The molecule has 2 aromatic carbocycles. The number of alkyl halides is 3. The number of aliphatic hydroxyl groups excluding tert-OH is 1. The summed E-state index contributed by atoms with van der Waals surface area (Å²) >= 11 is 0. The van der Waals surface area contributed by atoms with E-state index in [1.807, 2.05) is 28.8 Å². The average Bonchev–Trinajstić information content (AvgIpc) is 3.22. The summed E-state index contributed by atoms with van der Waals surface area (Å²) in [6.07, 6.45) is -0.998. The van der Waals surface area contributed by atoms with E-state index in [1.165, 1.54) is 36.5 Å². The van der Waals surface area contributed by atoms with E-state index in [4.69, 9.17) is 0 Å². The molecule has 2 N–H and O–H groups in total. The van der Waals surface area contributed by atoms with Gasteiger partial charge in [0.1, 0.15) is 5.75 Å². The number of halogens is 3. The number of benzene rings is 2. The average molecular weight is 496 g/mol. The lowest BCUT2D eigenvalue weighted by Crippen LogP contribution is -2.23. The van der Waals surface area contributed by atoms with Crippen LogP contribution in [0.15, 0.2) is 66.9 Å². The maximum absolute atomic E-state index is 13.2. The quantitative estimate of drug-likeness (QED) is 0.369. The number of carbonyl (C=O) groups is 1. The van der Waals surface area contributed by atoms with Crippen LogP contribution in [0.5, 0.6) is 5.75 Å². The molecule has 4 aromatic rings. The van der Waals surface area contributed by atoms with Crippen LogP contribution in [-0.4, -0.2) is 38.0 Å². The lowest BCUT2D eigenvalue weighted by Gasteiger charge is -2.28. The van der Waals surface area contributed by atoms with Gasteiger partial charge in [-0.15, -0.1) is 13.2 Å². The van der Waals surface area contributed by atoms with Crippen molar-refractivity contribution < 1.29 is 27.8 Å². The van der Waals surface area contributed by atoms with Crippen molar-refractivity contribution in [3.63, 3.8) is 0 Å². The van der Waals surface area contributed by atoms with Gasteiger partial charge in [0.2, 0.25) is 5.95 Å². The number of hydrogen-bond acceptors (Lipinski definition) is 5. The second-order valence-corrected chi connectivity index (χ2v) is 8.68. The topological polar surface area (TPSA) is 89.3 Å². The van der Waals surface area contributed by atoms with Gasteiger partial charge in [-0.25, -0.2) is 4.98 Å². The van der Waals surface area contributed by atoms with Crippen molar-refractivity contribution >= 4 is 22.9 Å². The molecule has 2 aromatic heterocycles. The number of nitrogens with one attached hydrogen (secondary N) is 1. The number of amides is 1. The zero-order valence-electron chi connectivity index (χ0n) is 19.1. The molecule has 0 aliphatic heterocycles. The van der Waals surface area contributed by atoms with E-state index in [0.29, 0.717) is 18.8 Å². The fourth-order valence-electron chi connectivity index (χ4n) is 4.60. The first-order chi connectivity index (χ1) is 17.3. The molecule has 0 radical (unpaired) electrons. The fourth-order valence-corrected chi connectivity index (χ4v) is 4.60. The van der Waals surface area contributed by atoms with Gasteiger partial charge >= 0.3 is 6.36 Å². The van der Waals surface area contributed by atoms with Crippen LogP contribution in [0.4, 0.5) is 19.1 Å². The summed E-state index contributed by atoms with van der Waals surface area (Å²) in [5.41, 5.74) is 2.09. The van der Waals surface area contributed by atoms with E-state index in [2.05, 4.69) is 20.0 Å². The Bertz CT molecular complexity index is 1390. The molecule has 1 aliphatic rings. The van der Waals surface area contributed by atoms with Crippen molar-refractivity contribution in [1.29, 1.82) is 0 Å². The van der Waals surface area contributed by atoms with Crippen molar-refractivity contribution in [2.75, 3.05) is 5.32 Å². The summed E-state index contributed by atoms with van der Waals surface area (Å²) < 4.78 is 44.7. The number of aliphatic hydroxyl groups is 1. The second-order valence-electron chi connectivity index (χ2n) is 8.68. The lowest BCUT2D eigenvalue weighted by atomic mass is 9.93. The summed E-state index contributed by atoms with van der Waals surface area (Å²) in [7, 11) is 0. The highest BCUT2D eigenvalue weighted by atomic mass is 19.4. The molecule has 0 spiro atoms. The zero-order valence-corrected chi connectivity index (χ0v) is 19.1. The Hall–Kier alpha value is -3.92. The molecule has 7 nitrogen and oxygen atoms in total. The second kappa shape index (κ2) is 9.62. The number of pyridine rings is 1. The van der Waals surface area contributed by atoms with Gasteiger partial charge in [0.05, 0.1) is 22.8 Å². The molecule has 0 saturated heterocycles. The molecule has 2 heterocycles. The summed E-state index contributed by atoms with van der Waals surface area (Å²) in [6, 6.07) is 16.2. The fraction of sp³-hybridized carbons (Fsp3) is 0.269. The van der Waals surface area contributed by atoms with Crippen molar-refractivity contribution in [1.82, 2.24) is 14.5 Å². The smallest absolute Gasteiger partial charge is 0.405 e. The molecular formula is C26H23F3N4O3. The standard InChI is InChI=1S/C26H23F3N4O3/c27-26(28,29)36-23-8-4-1-5-19(23)21-15-16(13-14-30-21)24(35)32-25-31-20-6-2-3-7-22(20)33(25)17-9-11-18(34)12-10-17/h1-8,13-15,17-18,34H,9-12H2,(H,31,32,35). The number of anilines is 1. The van der Waals surface area contributed by atoms with Crippen molar-refractivity contribution in [3.8, 4) is 17.0 Å². The first-order valence-electron chi connectivity index (χ1n) is 11.6. The third kappa shape index (κ3) is 5.03. The van der Waals surface area contributed by atoms with E-state index in [-0.39, 0.29) is 29.0 Å². The SMILES string of the molecule is O=C(Nc1nc2ccccc2n1C1CCC(O)CC1)c1ccnc(-c2ccccc2OC(F)(F)F)c1. The highest BCUT2D eigenvalue weighted by molar-refractivity contribution is 6.04. The molecule has 0 unspecified atom stereocenters. The molecule has 0 bridgehead atoms. The van der Waals surface area contributed by atoms with Crippen LogP contribution in [0.25, 0.3) is 22.3 Å². The molecule has 186 valence electrons. The summed E-state index contributed by atoms with van der Waals surface area (Å²) in [5.74, 6) is -0.502. The predicted octanol–water partition coefficient (Wildman–Crippen LogP) is 5.73. The minimum atomic E-state index is -4.86. The number of hydrogen-bond donors (Lipinski definition) is 2. The monoisotopic (exact) mass is 496 g/mol. The highest BCUT2D eigenvalue weighted by Gasteiger charge is 2.32. The first-order valence-corrected chi connectivity index (χ1v) is 11.6. The highest BCUT2D eigenvalue weighted by Crippen LogP contribution is 2.35. The first kappa shape index (κ1) is 23.8. The van der Waals surface area contributed by atoms with Gasteiger partial charge in [0.15, 0.2) is 0 Å². The van der Waals surface area contributed by atoms with Gasteiger partial charge in [0, 0.05) is 23.4 Å². The Balaban J connectivity index is 1.45. The van der Waals surface area contributed by atoms with Crippen LogP contribution in [0, 0.1) is 0 Å². The van der Waals surface area contributed by atoms with Gasteiger partial charge in [0.25, 0.3) is 5.91 Å². The van der Waals surface area contributed by atoms with E-state index in [1.54, 1.807) is 6.07 Å². The molecule has 1 amide bonds. The summed E-state index contributed by atoms with van der Waals surface area (Å²) in [6.45, 7) is 0. The normalized spacial score (nSPS) is 18.2. The number of ether oxygens (including phenoxy) is 1. The minimum Gasteiger partial charge on any atom is -0.405 e. The van der Waals surface area contributed by atoms with Crippen LogP contribution in [0.1, 0.15) is 42.1 Å². The Morgan fingerprint density at radius 1 is 1.03 bits per heavy atom. The lowest BCUT2D eigenvalue weighted by molar-refractivity contribution is -0.274. The zero-order chi connectivity index (χ0) is 25.3. The molecule has 1 fully saturated rings. The van der Waals surface area contributed by atoms with E-state index >= 15 is 0 Å². The van der Waals surface area contributed by atoms with Crippen molar-refractivity contribution in [2.45, 2.75) is 44.2 Å². The van der Waals surface area contributed by atoms with Crippen molar-refractivity contribution in [2.24, 2.45) is 0 Å². The van der Waals surface area contributed by atoms with Crippen molar-refractivity contribution in [3.05, 3.63) is 72.4 Å². The molecule has 1 aliphatic carbocycles. The van der Waals surface area contributed by atoms with Gasteiger partial charge in [-0.1, -0.05) is 24.3 Å². The Morgan fingerprint density at radius 3 is 2.53 bits per heavy atom. The summed E-state index contributed by atoms with van der Waals surface area (Å²) in [4.78, 5) is 22.0. The number of imidazole rings is 1. The van der Waals surface area contributed by atoms with Gasteiger partial charge in [-0.3, -0.25) is 15.1 Å². The molecule has 10 heteroatoms. The number of nitrogens with zero attached hydrogens (tertiary/aromatic N) is 3. The van der Waals surface area contributed by atoms with Crippen LogP contribution in [0.2, 0.25) is 0 Å². The molecule has 5 rings (SSSR count). The van der Waals surface area contributed by atoms with Crippen LogP contribution in [0.3, 0.4) is 0 Å². The molecule has 1 saturated carbocycles. The number of carbonyl (C=O) groups excluding carboxylic acids is 1. The van der Waals surface area contributed by atoms with E-state index < -0.39 is 18.0 Å².